The molecule has 0 radical (unpaired) electrons. The number of methoxy groups -OCH3 is 2. The van der Waals surface area contributed by atoms with E-state index in [-0.39, 0.29) is 33.3 Å². The molecule has 4 aromatic rings. The van der Waals surface area contributed by atoms with Crippen LogP contribution in [0, 0.1) is 6.92 Å². The Balaban J connectivity index is 1.66. The summed E-state index contributed by atoms with van der Waals surface area (Å²) in [5.41, 5.74) is 3.95. The number of amides is 1. The number of carbonyl (C=O) groups is 3. The molecular formula is C31H24ClFN2O5. The van der Waals surface area contributed by atoms with Crippen molar-refractivity contribution < 1.29 is 28.2 Å². The number of anilines is 1. The van der Waals surface area contributed by atoms with Gasteiger partial charge < -0.3 is 14.8 Å². The number of benzene rings is 3. The minimum atomic E-state index is -0.540. The highest BCUT2D eigenvalue weighted by Gasteiger charge is 2.17. The zero-order chi connectivity index (χ0) is 28.8. The number of hydrogen-bond donors (Lipinski definition) is 1. The van der Waals surface area contributed by atoms with Crippen molar-refractivity contribution >= 4 is 47.7 Å². The van der Waals surface area contributed by atoms with Gasteiger partial charge in [-0.25, -0.2) is 4.39 Å². The summed E-state index contributed by atoms with van der Waals surface area (Å²) in [5, 5.41) is 3.03. The molecule has 0 atom stereocenters. The van der Waals surface area contributed by atoms with Gasteiger partial charge in [0, 0.05) is 23.4 Å². The van der Waals surface area contributed by atoms with Crippen LogP contribution >= 0.6 is 11.6 Å². The number of aldehydes is 2. The lowest BCUT2D eigenvalue weighted by Crippen LogP contribution is -2.14. The average molecular weight is 559 g/mol. The number of ether oxygens (including phenoxy) is 2. The minimum absolute atomic E-state index is 0.0421. The summed E-state index contributed by atoms with van der Waals surface area (Å²) in [6.45, 7) is 1.84. The van der Waals surface area contributed by atoms with Crippen LogP contribution in [0.3, 0.4) is 0 Å². The average Bonchev–Trinajstić information content (AvgIpc) is 2.98. The molecule has 9 heteroatoms. The molecule has 1 N–H and O–H groups in total. The molecule has 1 heterocycles. The summed E-state index contributed by atoms with van der Waals surface area (Å²) >= 11 is 6.73. The maximum absolute atomic E-state index is 15.2. The highest BCUT2D eigenvalue weighted by Crippen LogP contribution is 2.37. The van der Waals surface area contributed by atoms with Gasteiger partial charge in [-0.1, -0.05) is 48.0 Å². The van der Waals surface area contributed by atoms with Gasteiger partial charge in [0.15, 0.2) is 12.6 Å². The Morgan fingerprint density at radius 2 is 1.57 bits per heavy atom. The largest absolute Gasteiger partial charge is 0.496 e. The fraction of sp³-hybridized carbons (Fsp3) is 0.0968. The van der Waals surface area contributed by atoms with Crippen molar-refractivity contribution in [2.24, 2.45) is 0 Å². The summed E-state index contributed by atoms with van der Waals surface area (Å²) in [6, 6.07) is 16.4. The van der Waals surface area contributed by atoms with Crippen molar-refractivity contribution in [2.45, 2.75) is 6.92 Å². The molecule has 202 valence electrons. The van der Waals surface area contributed by atoms with Gasteiger partial charge in [0.05, 0.1) is 36.1 Å². The van der Waals surface area contributed by atoms with Gasteiger partial charge in [0.1, 0.15) is 23.0 Å². The Hall–Kier alpha value is -4.82. The fourth-order valence-corrected chi connectivity index (χ4v) is 4.41. The van der Waals surface area contributed by atoms with Crippen LogP contribution in [0.4, 0.5) is 10.1 Å². The van der Waals surface area contributed by atoms with Crippen molar-refractivity contribution in [1.82, 2.24) is 4.98 Å². The van der Waals surface area contributed by atoms with Crippen LogP contribution in [0.15, 0.2) is 66.9 Å². The van der Waals surface area contributed by atoms with E-state index in [9.17, 15) is 14.4 Å². The molecule has 0 saturated heterocycles. The summed E-state index contributed by atoms with van der Waals surface area (Å²) in [6.07, 6.45) is 3.89. The van der Waals surface area contributed by atoms with E-state index in [0.717, 1.165) is 11.1 Å². The topological polar surface area (TPSA) is 94.6 Å². The van der Waals surface area contributed by atoms with Crippen molar-refractivity contribution in [3.8, 4) is 22.6 Å². The Morgan fingerprint density at radius 1 is 0.900 bits per heavy atom. The van der Waals surface area contributed by atoms with Crippen LogP contribution in [-0.2, 0) is 0 Å². The van der Waals surface area contributed by atoms with E-state index in [0.29, 0.717) is 35.0 Å². The fourth-order valence-electron chi connectivity index (χ4n) is 4.14. The first-order valence-electron chi connectivity index (χ1n) is 12.0. The molecule has 0 bridgehead atoms. The Labute approximate surface area is 235 Å². The highest BCUT2D eigenvalue weighted by molar-refractivity contribution is 6.36. The third kappa shape index (κ3) is 5.77. The SMILES string of the molecule is COc1cc(/C(F)=C/c2cccc(-c3cccc(NC(=O)c4cc(OC)c(C=O)cn4)c3Cl)c2C)ccc1C=O. The molecule has 0 spiro atoms. The van der Waals surface area contributed by atoms with E-state index in [1.807, 2.05) is 13.0 Å². The van der Waals surface area contributed by atoms with Gasteiger partial charge in [0.2, 0.25) is 0 Å². The third-order valence-corrected chi connectivity index (χ3v) is 6.71. The van der Waals surface area contributed by atoms with Crippen molar-refractivity contribution in [3.05, 3.63) is 105 Å². The van der Waals surface area contributed by atoms with Gasteiger partial charge in [-0.2, -0.15) is 0 Å². The first-order chi connectivity index (χ1) is 19.3. The van der Waals surface area contributed by atoms with E-state index >= 15 is 4.39 Å². The van der Waals surface area contributed by atoms with Crippen LogP contribution < -0.4 is 14.8 Å². The summed E-state index contributed by atoms with van der Waals surface area (Å²) in [5.74, 6) is -0.547. The van der Waals surface area contributed by atoms with E-state index in [4.69, 9.17) is 21.1 Å². The lowest BCUT2D eigenvalue weighted by molar-refractivity contribution is 0.101. The lowest BCUT2D eigenvalue weighted by atomic mass is 9.95. The predicted octanol–water partition coefficient (Wildman–Crippen LogP) is 7.07. The predicted molar refractivity (Wildman–Crippen MR) is 153 cm³/mol. The van der Waals surface area contributed by atoms with Crippen molar-refractivity contribution in [1.29, 1.82) is 0 Å². The Kier molecular flexibility index (Phi) is 8.71. The molecule has 0 aliphatic carbocycles. The maximum Gasteiger partial charge on any atom is 0.274 e. The van der Waals surface area contributed by atoms with Crippen LogP contribution in [-0.4, -0.2) is 37.7 Å². The number of nitrogens with one attached hydrogen (secondary N) is 1. The van der Waals surface area contributed by atoms with Gasteiger partial charge in [-0.3, -0.25) is 19.4 Å². The number of pyridine rings is 1. The van der Waals surface area contributed by atoms with E-state index in [2.05, 4.69) is 10.3 Å². The van der Waals surface area contributed by atoms with E-state index < -0.39 is 11.7 Å². The molecule has 0 unspecified atom stereocenters. The molecule has 4 rings (SSSR count). The zero-order valence-electron chi connectivity index (χ0n) is 21.8. The number of halogens is 2. The minimum Gasteiger partial charge on any atom is -0.496 e. The third-order valence-electron chi connectivity index (χ3n) is 6.31. The van der Waals surface area contributed by atoms with Crippen molar-refractivity contribution in [2.75, 3.05) is 19.5 Å². The van der Waals surface area contributed by atoms with Crippen molar-refractivity contribution in [3.63, 3.8) is 0 Å². The smallest absolute Gasteiger partial charge is 0.274 e. The molecule has 0 saturated carbocycles. The molecule has 0 aliphatic heterocycles. The highest BCUT2D eigenvalue weighted by atomic mass is 35.5. The second-order valence-electron chi connectivity index (χ2n) is 8.64. The van der Waals surface area contributed by atoms with Crippen LogP contribution in [0.2, 0.25) is 5.02 Å². The second-order valence-corrected chi connectivity index (χ2v) is 9.02. The molecule has 7 nitrogen and oxygen atoms in total. The maximum atomic E-state index is 15.2. The summed E-state index contributed by atoms with van der Waals surface area (Å²) < 4.78 is 25.6. The molecule has 3 aromatic carbocycles. The standard InChI is InChI=1S/C31H24ClFN2O5/c1-18-19(12-25(33)20-10-11-21(16-36)28(13-20)39-2)6-4-7-23(18)24-8-5-9-26(30(24)32)35-31(38)27-14-29(40-3)22(17-37)15-34-27/h4-17H,1-3H3,(H,35,38)/b25-12-. The van der Waals surface area contributed by atoms with E-state index in [1.54, 1.807) is 30.3 Å². The summed E-state index contributed by atoms with van der Waals surface area (Å²) in [7, 11) is 2.81. The molecular weight excluding hydrogens is 535 g/mol. The van der Waals surface area contributed by atoms with E-state index in [1.165, 1.54) is 50.8 Å². The quantitative estimate of drug-likeness (QED) is 0.174. The normalized spacial score (nSPS) is 11.1. The molecule has 1 amide bonds. The number of aromatic nitrogens is 1. The Bertz CT molecular complexity index is 1650. The molecule has 1 aromatic heterocycles. The second kappa shape index (κ2) is 12.4. The Morgan fingerprint density at radius 3 is 2.27 bits per heavy atom. The van der Waals surface area contributed by atoms with Crippen LogP contribution in [0.1, 0.15) is 47.9 Å². The summed E-state index contributed by atoms with van der Waals surface area (Å²) in [4.78, 5) is 39.2. The van der Waals surface area contributed by atoms with Gasteiger partial charge >= 0.3 is 0 Å². The zero-order valence-corrected chi connectivity index (χ0v) is 22.6. The number of carbonyl (C=O) groups excluding carboxylic acids is 3. The van der Waals surface area contributed by atoms with Gasteiger partial charge in [-0.05, 0) is 47.9 Å². The molecule has 0 fully saturated rings. The molecule has 0 aliphatic rings. The van der Waals surface area contributed by atoms with Gasteiger partial charge in [-0.15, -0.1) is 0 Å². The lowest BCUT2D eigenvalue weighted by Gasteiger charge is -2.15. The van der Waals surface area contributed by atoms with Gasteiger partial charge in [0.25, 0.3) is 5.91 Å². The first kappa shape index (κ1) is 28.2. The number of rotatable bonds is 9. The number of hydrogen-bond acceptors (Lipinski definition) is 6. The molecule has 40 heavy (non-hydrogen) atoms. The monoisotopic (exact) mass is 558 g/mol. The van der Waals surface area contributed by atoms with Crippen LogP contribution in [0.25, 0.3) is 23.0 Å². The number of nitrogens with zero attached hydrogens (tertiary/aromatic N) is 1. The van der Waals surface area contributed by atoms with Crippen LogP contribution in [0.5, 0.6) is 11.5 Å². The first-order valence-corrected chi connectivity index (χ1v) is 12.4.